The zero-order valence-corrected chi connectivity index (χ0v) is 22.5. The number of allylic oxidation sites excluding steroid dienone is 3. The number of nitro groups is 1. The minimum absolute atomic E-state index is 0.125. The van der Waals surface area contributed by atoms with Crippen molar-refractivity contribution in [2.24, 2.45) is 0 Å². The van der Waals surface area contributed by atoms with Gasteiger partial charge in [-0.15, -0.1) is 12.6 Å². The van der Waals surface area contributed by atoms with Gasteiger partial charge in [0, 0.05) is 11.3 Å². The van der Waals surface area contributed by atoms with Crippen LogP contribution in [0.2, 0.25) is 0 Å². The van der Waals surface area contributed by atoms with Crippen LogP contribution >= 0.6 is 12.6 Å². The van der Waals surface area contributed by atoms with Crippen molar-refractivity contribution in [3.05, 3.63) is 98.5 Å². The molecule has 1 aliphatic heterocycles. The lowest BCUT2D eigenvalue weighted by molar-refractivity contribution is -0.431. The highest BCUT2D eigenvalue weighted by atomic mass is 32.1. The molecule has 2 aromatic rings. The number of ether oxygens (including phenoxy) is 2. The van der Waals surface area contributed by atoms with Gasteiger partial charge in [-0.05, 0) is 53.0 Å². The number of thiol groups is 1. The first kappa shape index (κ1) is 28.9. The number of carbonyl (C=O) groups is 1. The van der Waals surface area contributed by atoms with Crippen LogP contribution in [0.3, 0.4) is 0 Å². The molecule has 0 amide bonds. The Bertz CT molecular complexity index is 1110. The Balaban J connectivity index is 0.000000830. The minimum atomic E-state index is -0.956. The van der Waals surface area contributed by atoms with Crippen molar-refractivity contribution in [3.63, 3.8) is 0 Å². The van der Waals surface area contributed by atoms with Gasteiger partial charge in [0.1, 0.15) is 23.7 Å². The largest absolute Gasteiger partial charge is 0.489 e. The predicted molar refractivity (Wildman–Crippen MR) is 144 cm³/mol. The molecule has 2 aromatic carbocycles. The van der Waals surface area contributed by atoms with Gasteiger partial charge in [-0.3, -0.25) is 10.1 Å². The fraction of sp³-hybridized carbons (Fsp3) is 0.370. The molecule has 3 rings (SSSR count). The molecule has 0 aromatic heterocycles. The predicted octanol–water partition coefficient (Wildman–Crippen LogP) is 5.12. The number of nitrogens with one attached hydrogen (secondary N) is 1. The molecule has 0 spiro atoms. The lowest BCUT2D eigenvalue weighted by atomic mass is 9.83. The van der Waals surface area contributed by atoms with Crippen molar-refractivity contribution < 1.29 is 19.2 Å². The highest BCUT2D eigenvalue weighted by Crippen LogP contribution is 2.42. The van der Waals surface area contributed by atoms with E-state index in [9.17, 15) is 14.9 Å². The van der Waals surface area contributed by atoms with Crippen LogP contribution in [-0.2, 0) is 16.1 Å². The van der Waals surface area contributed by atoms with Crippen molar-refractivity contribution in [3.8, 4) is 5.75 Å². The number of carbonyl (C=O) groups excluding carboxylic acids is 1. The van der Waals surface area contributed by atoms with Gasteiger partial charge in [0.15, 0.2) is 0 Å². The summed E-state index contributed by atoms with van der Waals surface area (Å²) < 4.78 is 11.3. The molecule has 1 aliphatic rings. The van der Waals surface area contributed by atoms with E-state index >= 15 is 0 Å². The molecular formula is C27H35N3O5S. The molecular weight excluding hydrogens is 478 g/mol. The first-order valence-corrected chi connectivity index (χ1v) is 12.2. The van der Waals surface area contributed by atoms with Crippen molar-refractivity contribution in [1.29, 1.82) is 0 Å². The van der Waals surface area contributed by atoms with E-state index in [0.29, 0.717) is 22.7 Å². The zero-order valence-electron chi connectivity index (χ0n) is 21.6. The van der Waals surface area contributed by atoms with E-state index in [2.05, 4.69) is 43.9 Å². The summed E-state index contributed by atoms with van der Waals surface area (Å²) in [7, 11) is 4.11. The number of para-hydroxylation sites is 1. The van der Waals surface area contributed by atoms with Crippen LogP contribution in [0.1, 0.15) is 44.7 Å². The lowest BCUT2D eigenvalue weighted by Crippen LogP contribution is -2.32. The van der Waals surface area contributed by atoms with E-state index < -0.39 is 22.2 Å². The number of benzene rings is 2. The molecule has 0 bridgehead atoms. The topological polar surface area (TPSA) is 93.9 Å². The number of nitrogens with zero attached hydrogens (tertiary/aromatic N) is 2. The summed E-state index contributed by atoms with van der Waals surface area (Å²) in [4.78, 5) is 26.6. The molecule has 0 radical (unpaired) electrons. The van der Waals surface area contributed by atoms with Crippen LogP contribution in [0.5, 0.6) is 5.75 Å². The number of dihydropyridines is 1. The van der Waals surface area contributed by atoms with Crippen molar-refractivity contribution in [1.82, 2.24) is 10.2 Å². The van der Waals surface area contributed by atoms with Crippen LogP contribution < -0.4 is 10.1 Å². The van der Waals surface area contributed by atoms with E-state index in [0.717, 1.165) is 12.1 Å². The number of hydrogen-bond donors (Lipinski definition) is 2. The van der Waals surface area contributed by atoms with Crippen molar-refractivity contribution >= 4 is 18.6 Å². The van der Waals surface area contributed by atoms with Crippen molar-refractivity contribution in [2.45, 2.75) is 45.7 Å². The molecule has 9 heteroatoms. The fourth-order valence-corrected chi connectivity index (χ4v) is 3.70. The SMILES string of the molecule is CC1=C(C(=O)OC(C)S)C(c2ccccc2OCc2ccccc2)C([N+](=O)[O-])=C(C)N1.CCN(C)C. The van der Waals surface area contributed by atoms with E-state index in [4.69, 9.17) is 9.47 Å². The quantitative estimate of drug-likeness (QED) is 0.166. The highest BCUT2D eigenvalue weighted by molar-refractivity contribution is 7.80. The molecule has 0 saturated carbocycles. The Morgan fingerprint density at radius 2 is 1.69 bits per heavy atom. The maximum Gasteiger partial charge on any atom is 0.338 e. The van der Waals surface area contributed by atoms with Crippen LogP contribution in [0.25, 0.3) is 0 Å². The maximum atomic E-state index is 12.9. The van der Waals surface area contributed by atoms with Gasteiger partial charge in [0.05, 0.1) is 16.2 Å². The average molecular weight is 514 g/mol. The van der Waals surface area contributed by atoms with Gasteiger partial charge in [-0.2, -0.15) is 0 Å². The van der Waals surface area contributed by atoms with E-state index in [1.165, 1.54) is 0 Å². The Morgan fingerprint density at radius 1 is 1.11 bits per heavy atom. The number of rotatable bonds is 8. The molecule has 2 unspecified atom stereocenters. The molecule has 0 fully saturated rings. The number of hydrogen-bond acceptors (Lipinski definition) is 8. The number of esters is 1. The van der Waals surface area contributed by atoms with Crippen LogP contribution in [0, 0.1) is 10.1 Å². The van der Waals surface area contributed by atoms with E-state index in [1.54, 1.807) is 45.0 Å². The van der Waals surface area contributed by atoms with Gasteiger partial charge in [0.2, 0.25) is 0 Å². The van der Waals surface area contributed by atoms with E-state index in [1.807, 2.05) is 30.3 Å². The summed E-state index contributed by atoms with van der Waals surface area (Å²) in [5, 5.41) is 15.0. The lowest BCUT2D eigenvalue weighted by Gasteiger charge is -2.28. The smallest absolute Gasteiger partial charge is 0.338 e. The third-order valence-corrected chi connectivity index (χ3v) is 5.62. The fourth-order valence-electron chi connectivity index (χ4n) is 3.60. The summed E-state index contributed by atoms with van der Waals surface area (Å²) in [6.45, 7) is 8.47. The maximum absolute atomic E-state index is 12.9. The Hall–Kier alpha value is -3.30. The van der Waals surface area contributed by atoms with Gasteiger partial charge in [-0.1, -0.05) is 55.5 Å². The molecule has 1 N–H and O–H groups in total. The van der Waals surface area contributed by atoms with Crippen LogP contribution in [0.4, 0.5) is 0 Å². The van der Waals surface area contributed by atoms with Crippen molar-refractivity contribution in [2.75, 3.05) is 20.6 Å². The summed E-state index contributed by atoms with van der Waals surface area (Å²) in [6, 6.07) is 16.6. The van der Waals surface area contributed by atoms with Gasteiger partial charge >= 0.3 is 5.97 Å². The molecule has 0 aliphatic carbocycles. The third kappa shape index (κ3) is 7.86. The second-order valence-corrected chi connectivity index (χ2v) is 9.30. The molecule has 36 heavy (non-hydrogen) atoms. The summed E-state index contributed by atoms with van der Waals surface area (Å²) in [6.07, 6.45) is 0. The third-order valence-electron chi connectivity index (χ3n) is 5.52. The minimum Gasteiger partial charge on any atom is -0.489 e. The second-order valence-electron chi connectivity index (χ2n) is 8.58. The monoisotopic (exact) mass is 513 g/mol. The summed E-state index contributed by atoms with van der Waals surface area (Å²) in [5.74, 6) is -1.16. The second kappa shape index (κ2) is 13.7. The Labute approximate surface area is 218 Å². The Morgan fingerprint density at radius 3 is 2.25 bits per heavy atom. The summed E-state index contributed by atoms with van der Waals surface area (Å²) in [5.41, 5.74) is 1.70. The Kier molecular flexibility index (Phi) is 11.0. The molecule has 1 heterocycles. The zero-order chi connectivity index (χ0) is 26.8. The highest BCUT2D eigenvalue weighted by Gasteiger charge is 2.42. The standard InChI is InChI=1S/C23H24N2O5S.C4H11N/c1-14-20(23(26)30-16(3)31)21(22(25(27)28)15(2)24-14)18-11-7-8-12-19(18)29-13-17-9-5-4-6-10-17;1-4-5(2)3/h4-12,16,21,24,31H,13H2,1-3H3;4H2,1-3H3. The van der Waals surface area contributed by atoms with Crippen LogP contribution in [-0.4, -0.2) is 41.9 Å². The molecule has 2 atom stereocenters. The molecule has 0 saturated heterocycles. The average Bonchev–Trinajstić information content (AvgIpc) is 2.82. The van der Waals surface area contributed by atoms with Crippen LogP contribution in [0.15, 0.2) is 77.3 Å². The molecule has 194 valence electrons. The molecule has 8 nitrogen and oxygen atoms in total. The van der Waals surface area contributed by atoms with Gasteiger partial charge in [0.25, 0.3) is 5.70 Å². The van der Waals surface area contributed by atoms with E-state index in [-0.39, 0.29) is 17.9 Å². The van der Waals surface area contributed by atoms with Gasteiger partial charge in [-0.25, -0.2) is 4.79 Å². The van der Waals surface area contributed by atoms with Gasteiger partial charge < -0.3 is 19.7 Å². The first-order valence-electron chi connectivity index (χ1n) is 11.7. The normalized spacial score (nSPS) is 16.1. The first-order chi connectivity index (χ1) is 17.1. The summed E-state index contributed by atoms with van der Waals surface area (Å²) >= 11 is 4.12.